The number of hydrogen-bond donors (Lipinski definition) is 1. The van der Waals surface area contributed by atoms with Gasteiger partial charge in [0.15, 0.2) is 0 Å². The van der Waals surface area contributed by atoms with Gasteiger partial charge in [-0.3, -0.25) is 0 Å². The van der Waals surface area contributed by atoms with Crippen LogP contribution in [0.1, 0.15) is 25.1 Å². The van der Waals surface area contributed by atoms with Crippen molar-refractivity contribution in [1.29, 1.82) is 0 Å². The SMILES string of the molecule is Cc1cc(CN)cc(N(C)CC(C)C)n1. The fraction of sp³-hybridized carbons (Fsp3) is 0.583. The number of hydrogen-bond acceptors (Lipinski definition) is 3. The van der Waals surface area contributed by atoms with Crippen LogP contribution in [0, 0.1) is 12.8 Å². The molecule has 84 valence electrons. The van der Waals surface area contributed by atoms with Gasteiger partial charge in [-0.2, -0.15) is 0 Å². The summed E-state index contributed by atoms with van der Waals surface area (Å²) < 4.78 is 0. The molecule has 1 aromatic heterocycles. The van der Waals surface area contributed by atoms with E-state index >= 15 is 0 Å². The lowest BCUT2D eigenvalue weighted by atomic mass is 10.2. The van der Waals surface area contributed by atoms with Gasteiger partial charge in [-0.25, -0.2) is 4.98 Å². The zero-order chi connectivity index (χ0) is 11.4. The predicted molar refractivity (Wildman–Crippen MR) is 65.0 cm³/mol. The Morgan fingerprint density at radius 2 is 2.07 bits per heavy atom. The minimum absolute atomic E-state index is 0.575. The molecule has 1 rings (SSSR count). The highest BCUT2D eigenvalue weighted by atomic mass is 15.2. The van der Waals surface area contributed by atoms with Crippen molar-refractivity contribution >= 4 is 5.82 Å². The molecule has 3 heteroatoms. The van der Waals surface area contributed by atoms with Crippen molar-refractivity contribution in [2.45, 2.75) is 27.3 Å². The third kappa shape index (κ3) is 3.51. The summed E-state index contributed by atoms with van der Waals surface area (Å²) in [4.78, 5) is 6.68. The molecule has 0 aliphatic rings. The first-order valence-electron chi connectivity index (χ1n) is 5.41. The van der Waals surface area contributed by atoms with Crippen LogP contribution in [0.15, 0.2) is 12.1 Å². The first-order valence-corrected chi connectivity index (χ1v) is 5.41. The molecule has 1 aromatic rings. The van der Waals surface area contributed by atoms with Gasteiger partial charge in [0.2, 0.25) is 0 Å². The Morgan fingerprint density at radius 3 is 2.60 bits per heavy atom. The number of aryl methyl sites for hydroxylation is 1. The second-order valence-electron chi connectivity index (χ2n) is 4.45. The minimum Gasteiger partial charge on any atom is -0.359 e. The molecule has 15 heavy (non-hydrogen) atoms. The van der Waals surface area contributed by atoms with Crippen LogP contribution >= 0.6 is 0 Å². The number of nitrogens with zero attached hydrogens (tertiary/aromatic N) is 2. The molecular weight excluding hydrogens is 186 g/mol. The van der Waals surface area contributed by atoms with Gasteiger partial charge in [0.25, 0.3) is 0 Å². The lowest BCUT2D eigenvalue weighted by Gasteiger charge is -2.21. The quantitative estimate of drug-likeness (QED) is 0.820. The Bertz CT molecular complexity index is 321. The summed E-state index contributed by atoms with van der Waals surface area (Å²) in [7, 11) is 2.07. The highest BCUT2D eigenvalue weighted by Crippen LogP contribution is 2.14. The maximum absolute atomic E-state index is 5.64. The molecule has 0 spiro atoms. The average molecular weight is 207 g/mol. The average Bonchev–Trinajstić information content (AvgIpc) is 2.15. The molecule has 0 saturated heterocycles. The normalized spacial score (nSPS) is 10.8. The molecule has 0 amide bonds. The molecule has 1 heterocycles. The Balaban J connectivity index is 2.88. The van der Waals surface area contributed by atoms with Crippen molar-refractivity contribution in [3.8, 4) is 0 Å². The van der Waals surface area contributed by atoms with Crippen molar-refractivity contribution in [3.63, 3.8) is 0 Å². The fourth-order valence-corrected chi connectivity index (χ4v) is 1.68. The Kier molecular flexibility index (Phi) is 4.09. The topological polar surface area (TPSA) is 42.1 Å². The van der Waals surface area contributed by atoms with E-state index in [0.29, 0.717) is 12.5 Å². The van der Waals surface area contributed by atoms with E-state index in [4.69, 9.17) is 5.73 Å². The van der Waals surface area contributed by atoms with Crippen LogP contribution in [0.2, 0.25) is 0 Å². The van der Waals surface area contributed by atoms with E-state index in [-0.39, 0.29) is 0 Å². The molecular formula is C12H21N3. The summed E-state index contributed by atoms with van der Waals surface area (Å²) in [5.74, 6) is 1.66. The molecule has 0 fully saturated rings. The fourth-order valence-electron chi connectivity index (χ4n) is 1.68. The molecule has 0 atom stereocenters. The van der Waals surface area contributed by atoms with Crippen LogP contribution in [0.5, 0.6) is 0 Å². The highest BCUT2D eigenvalue weighted by Gasteiger charge is 2.06. The maximum atomic E-state index is 5.64. The van der Waals surface area contributed by atoms with E-state index in [0.717, 1.165) is 23.6 Å². The van der Waals surface area contributed by atoms with E-state index in [1.54, 1.807) is 0 Å². The molecule has 0 radical (unpaired) electrons. The molecule has 2 N–H and O–H groups in total. The van der Waals surface area contributed by atoms with Crippen LogP contribution < -0.4 is 10.6 Å². The summed E-state index contributed by atoms with van der Waals surface area (Å²) >= 11 is 0. The van der Waals surface area contributed by atoms with E-state index in [1.807, 2.05) is 13.0 Å². The molecule has 0 unspecified atom stereocenters. The molecule has 0 aromatic carbocycles. The largest absolute Gasteiger partial charge is 0.359 e. The summed E-state index contributed by atoms with van der Waals surface area (Å²) in [5.41, 5.74) is 7.82. The molecule has 0 aliphatic heterocycles. The van der Waals surface area contributed by atoms with Crippen LogP contribution in [0.4, 0.5) is 5.82 Å². The Morgan fingerprint density at radius 1 is 1.40 bits per heavy atom. The summed E-state index contributed by atoms with van der Waals surface area (Å²) in [6, 6.07) is 4.10. The first kappa shape index (κ1) is 12.0. The van der Waals surface area contributed by atoms with Crippen LogP contribution in [-0.4, -0.2) is 18.6 Å². The minimum atomic E-state index is 0.575. The third-order valence-corrected chi connectivity index (χ3v) is 2.27. The summed E-state index contributed by atoms with van der Waals surface area (Å²) in [6.45, 7) is 8.00. The zero-order valence-corrected chi connectivity index (χ0v) is 10.1. The van der Waals surface area contributed by atoms with Crippen molar-refractivity contribution in [2.24, 2.45) is 11.7 Å². The van der Waals surface area contributed by atoms with Crippen molar-refractivity contribution in [1.82, 2.24) is 4.98 Å². The maximum Gasteiger partial charge on any atom is 0.128 e. The zero-order valence-electron chi connectivity index (χ0n) is 10.1. The van der Waals surface area contributed by atoms with E-state index in [2.05, 4.69) is 36.8 Å². The lowest BCUT2D eigenvalue weighted by molar-refractivity contribution is 0.634. The highest BCUT2D eigenvalue weighted by molar-refractivity contribution is 5.41. The number of anilines is 1. The number of nitrogens with two attached hydrogens (primary N) is 1. The van der Waals surface area contributed by atoms with Gasteiger partial charge in [0.1, 0.15) is 5.82 Å². The van der Waals surface area contributed by atoms with Gasteiger partial charge in [0.05, 0.1) is 0 Å². The van der Waals surface area contributed by atoms with Gasteiger partial charge in [-0.05, 0) is 30.5 Å². The smallest absolute Gasteiger partial charge is 0.128 e. The second-order valence-corrected chi connectivity index (χ2v) is 4.45. The lowest BCUT2D eigenvalue weighted by Crippen LogP contribution is -2.23. The summed E-state index contributed by atoms with van der Waals surface area (Å²) in [5, 5.41) is 0. The van der Waals surface area contributed by atoms with Crippen LogP contribution in [0.3, 0.4) is 0 Å². The van der Waals surface area contributed by atoms with E-state index in [9.17, 15) is 0 Å². The van der Waals surface area contributed by atoms with Crippen molar-refractivity contribution in [3.05, 3.63) is 23.4 Å². The standard InChI is InChI=1S/C12H21N3/c1-9(2)8-15(4)12-6-11(7-13)5-10(3)14-12/h5-6,9H,7-8,13H2,1-4H3. The van der Waals surface area contributed by atoms with Gasteiger partial charge in [0, 0.05) is 25.8 Å². The van der Waals surface area contributed by atoms with Crippen LogP contribution in [0.25, 0.3) is 0 Å². The third-order valence-electron chi connectivity index (χ3n) is 2.27. The van der Waals surface area contributed by atoms with Crippen molar-refractivity contribution in [2.75, 3.05) is 18.5 Å². The number of aromatic nitrogens is 1. The van der Waals surface area contributed by atoms with Gasteiger partial charge < -0.3 is 10.6 Å². The van der Waals surface area contributed by atoms with E-state index < -0.39 is 0 Å². The molecule has 0 saturated carbocycles. The van der Waals surface area contributed by atoms with Crippen LogP contribution in [-0.2, 0) is 6.54 Å². The summed E-state index contributed by atoms with van der Waals surface area (Å²) in [6.07, 6.45) is 0. The van der Waals surface area contributed by atoms with E-state index in [1.165, 1.54) is 0 Å². The second kappa shape index (κ2) is 5.12. The first-order chi connectivity index (χ1) is 7.02. The van der Waals surface area contributed by atoms with Crippen molar-refractivity contribution < 1.29 is 0 Å². The Hall–Kier alpha value is -1.09. The predicted octanol–water partition coefficient (Wildman–Crippen LogP) is 1.94. The molecule has 3 nitrogen and oxygen atoms in total. The monoisotopic (exact) mass is 207 g/mol. The molecule has 0 aliphatic carbocycles. The number of pyridine rings is 1. The van der Waals surface area contributed by atoms with Gasteiger partial charge >= 0.3 is 0 Å². The van der Waals surface area contributed by atoms with Gasteiger partial charge in [-0.1, -0.05) is 13.8 Å². The molecule has 0 bridgehead atoms. The Labute approximate surface area is 92.3 Å². The van der Waals surface area contributed by atoms with Gasteiger partial charge in [-0.15, -0.1) is 0 Å². The number of rotatable bonds is 4.